The molecule has 5 nitrogen and oxygen atoms in total. The van der Waals surface area contributed by atoms with Gasteiger partial charge in [-0.05, 0) is 41.8 Å². The molecule has 0 aliphatic rings. The number of anilines is 1. The predicted octanol–water partition coefficient (Wildman–Crippen LogP) is 2.65. The molecular formula is C12H16BrN5. The second-order valence-electron chi connectivity index (χ2n) is 4.02. The lowest BCUT2D eigenvalue weighted by atomic mass is 10.1. The van der Waals surface area contributed by atoms with E-state index in [2.05, 4.69) is 50.2 Å². The van der Waals surface area contributed by atoms with Gasteiger partial charge in [0.15, 0.2) is 5.82 Å². The molecule has 0 amide bonds. The molecular weight excluding hydrogens is 294 g/mol. The predicted molar refractivity (Wildman–Crippen MR) is 75.3 cm³/mol. The Bertz CT molecular complexity index is 576. The van der Waals surface area contributed by atoms with Crippen molar-refractivity contribution in [1.82, 2.24) is 19.7 Å². The molecule has 0 aliphatic carbocycles. The molecule has 0 spiro atoms. The Kier molecular flexibility index (Phi) is 3.65. The van der Waals surface area contributed by atoms with Crippen molar-refractivity contribution in [2.75, 3.05) is 12.4 Å². The maximum Gasteiger partial charge on any atom is 0.173 e. The molecule has 0 aliphatic heterocycles. The number of rotatable bonds is 3. The molecule has 0 aromatic carbocycles. The van der Waals surface area contributed by atoms with Gasteiger partial charge in [-0.15, -0.1) is 0 Å². The molecule has 0 unspecified atom stereocenters. The van der Waals surface area contributed by atoms with Crippen molar-refractivity contribution in [3.63, 3.8) is 0 Å². The first-order valence-electron chi connectivity index (χ1n) is 5.83. The smallest absolute Gasteiger partial charge is 0.173 e. The van der Waals surface area contributed by atoms with Gasteiger partial charge in [0.2, 0.25) is 0 Å². The quantitative estimate of drug-likeness (QED) is 0.947. The fourth-order valence-electron chi connectivity index (χ4n) is 2.08. The van der Waals surface area contributed by atoms with Crippen molar-refractivity contribution in [1.29, 1.82) is 0 Å². The highest BCUT2D eigenvalue weighted by Gasteiger charge is 2.16. The lowest BCUT2D eigenvalue weighted by molar-refractivity contribution is 0.795. The number of hydrogen-bond donors (Lipinski definition) is 1. The average molecular weight is 310 g/mol. The fraction of sp³-hybridized carbons (Fsp3) is 0.417. The van der Waals surface area contributed by atoms with Crippen LogP contribution in [0.15, 0.2) is 10.8 Å². The first kappa shape index (κ1) is 13.0. The Morgan fingerprint density at radius 2 is 2.06 bits per heavy atom. The van der Waals surface area contributed by atoms with Gasteiger partial charge >= 0.3 is 0 Å². The third-order valence-electron chi connectivity index (χ3n) is 3.00. The van der Waals surface area contributed by atoms with Crippen molar-refractivity contribution >= 4 is 21.7 Å². The Morgan fingerprint density at radius 1 is 1.33 bits per heavy atom. The van der Waals surface area contributed by atoms with Gasteiger partial charge in [0.05, 0.1) is 5.69 Å². The second-order valence-corrected chi connectivity index (χ2v) is 4.82. The summed E-state index contributed by atoms with van der Waals surface area (Å²) in [7, 11) is 1.83. The molecule has 2 aromatic heterocycles. The lowest BCUT2D eigenvalue weighted by Gasteiger charge is -2.09. The number of nitrogens with zero attached hydrogens (tertiary/aromatic N) is 4. The molecule has 18 heavy (non-hydrogen) atoms. The summed E-state index contributed by atoms with van der Waals surface area (Å²) in [5.41, 5.74) is 3.44. The Hall–Kier alpha value is -1.43. The van der Waals surface area contributed by atoms with E-state index in [0.29, 0.717) is 0 Å². The third-order valence-corrected chi connectivity index (χ3v) is 3.73. The van der Waals surface area contributed by atoms with Gasteiger partial charge in [0.25, 0.3) is 0 Å². The van der Waals surface area contributed by atoms with Crippen molar-refractivity contribution in [3.8, 4) is 5.82 Å². The summed E-state index contributed by atoms with van der Waals surface area (Å²) >= 11 is 3.52. The van der Waals surface area contributed by atoms with Crippen LogP contribution in [0.4, 0.5) is 5.82 Å². The molecule has 0 fully saturated rings. The minimum Gasteiger partial charge on any atom is -0.372 e. The highest BCUT2D eigenvalue weighted by atomic mass is 79.9. The summed E-state index contributed by atoms with van der Waals surface area (Å²) in [6.45, 7) is 6.22. The number of aryl methyl sites for hydroxylation is 1. The van der Waals surface area contributed by atoms with Gasteiger partial charge < -0.3 is 5.32 Å². The number of hydrogen-bond acceptors (Lipinski definition) is 4. The van der Waals surface area contributed by atoms with Crippen LogP contribution >= 0.6 is 15.9 Å². The standard InChI is InChI=1S/C12H16BrN5/c1-5-9-7(2)17-18(8(9)3)12-10(13)11(14-4)15-6-16-12/h6H,5H2,1-4H3,(H,14,15,16). The van der Waals surface area contributed by atoms with Gasteiger partial charge in [-0.25, -0.2) is 14.6 Å². The van der Waals surface area contributed by atoms with Crippen molar-refractivity contribution < 1.29 is 0 Å². The van der Waals surface area contributed by atoms with E-state index in [0.717, 1.165) is 33.9 Å². The SMILES string of the molecule is CCc1c(C)nn(-c2ncnc(NC)c2Br)c1C. The van der Waals surface area contributed by atoms with Crippen LogP contribution in [0, 0.1) is 13.8 Å². The summed E-state index contributed by atoms with van der Waals surface area (Å²) in [6, 6.07) is 0. The summed E-state index contributed by atoms with van der Waals surface area (Å²) in [5, 5.41) is 7.58. The molecule has 2 heterocycles. The molecule has 0 bridgehead atoms. The average Bonchev–Trinajstić information content (AvgIpc) is 2.64. The van der Waals surface area contributed by atoms with E-state index >= 15 is 0 Å². The van der Waals surface area contributed by atoms with Gasteiger partial charge in [-0.3, -0.25) is 0 Å². The van der Waals surface area contributed by atoms with Gasteiger partial charge in [-0.2, -0.15) is 5.10 Å². The molecule has 1 N–H and O–H groups in total. The first-order chi connectivity index (χ1) is 8.60. The largest absolute Gasteiger partial charge is 0.372 e. The summed E-state index contributed by atoms with van der Waals surface area (Å²) in [6.07, 6.45) is 2.51. The van der Waals surface area contributed by atoms with Gasteiger partial charge in [0.1, 0.15) is 16.6 Å². The number of halogens is 1. The molecule has 0 saturated heterocycles. The van der Waals surface area contributed by atoms with E-state index in [9.17, 15) is 0 Å². The van der Waals surface area contributed by atoms with Crippen LogP contribution in [-0.2, 0) is 6.42 Å². The summed E-state index contributed by atoms with van der Waals surface area (Å²) < 4.78 is 2.68. The monoisotopic (exact) mass is 309 g/mol. The highest BCUT2D eigenvalue weighted by molar-refractivity contribution is 9.10. The Balaban J connectivity index is 2.62. The van der Waals surface area contributed by atoms with Crippen LogP contribution in [0.1, 0.15) is 23.9 Å². The summed E-state index contributed by atoms with van der Waals surface area (Å²) in [4.78, 5) is 8.46. The number of aromatic nitrogens is 4. The zero-order valence-corrected chi connectivity index (χ0v) is 12.5. The Labute approximate surface area is 115 Å². The van der Waals surface area contributed by atoms with Crippen LogP contribution in [0.5, 0.6) is 0 Å². The minimum absolute atomic E-state index is 0.755. The Morgan fingerprint density at radius 3 is 2.61 bits per heavy atom. The van der Waals surface area contributed by atoms with Crippen LogP contribution in [-0.4, -0.2) is 26.8 Å². The van der Waals surface area contributed by atoms with E-state index < -0.39 is 0 Å². The molecule has 0 radical (unpaired) electrons. The van der Waals surface area contributed by atoms with E-state index in [1.165, 1.54) is 11.9 Å². The zero-order valence-electron chi connectivity index (χ0n) is 11.0. The summed E-state index contributed by atoms with van der Waals surface area (Å²) in [5.74, 6) is 1.51. The highest BCUT2D eigenvalue weighted by Crippen LogP contribution is 2.27. The van der Waals surface area contributed by atoms with E-state index in [1.807, 2.05) is 18.7 Å². The maximum absolute atomic E-state index is 4.56. The van der Waals surface area contributed by atoms with Crippen LogP contribution in [0.25, 0.3) is 5.82 Å². The van der Waals surface area contributed by atoms with Crippen LogP contribution in [0.2, 0.25) is 0 Å². The molecule has 2 rings (SSSR count). The van der Waals surface area contributed by atoms with E-state index in [1.54, 1.807) is 0 Å². The van der Waals surface area contributed by atoms with Crippen molar-refractivity contribution in [2.24, 2.45) is 0 Å². The lowest BCUT2D eigenvalue weighted by Crippen LogP contribution is -2.06. The van der Waals surface area contributed by atoms with Crippen molar-refractivity contribution in [2.45, 2.75) is 27.2 Å². The van der Waals surface area contributed by atoms with Crippen LogP contribution in [0.3, 0.4) is 0 Å². The molecule has 96 valence electrons. The molecule has 0 atom stereocenters. The van der Waals surface area contributed by atoms with Crippen LogP contribution < -0.4 is 5.32 Å². The number of nitrogens with one attached hydrogen (secondary N) is 1. The maximum atomic E-state index is 4.56. The van der Waals surface area contributed by atoms with Gasteiger partial charge in [0, 0.05) is 12.7 Å². The van der Waals surface area contributed by atoms with Crippen molar-refractivity contribution in [3.05, 3.63) is 27.8 Å². The third kappa shape index (κ3) is 2.01. The van der Waals surface area contributed by atoms with E-state index in [4.69, 9.17) is 0 Å². The second kappa shape index (κ2) is 5.06. The molecule has 6 heteroatoms. The first-order valence-corrected chi connectivity index (χ1v) is 6.63. The fourth-order valence-corrected chi connectivity index (χ4v) is 2.65. The normalized spacial score (nSPS) is 10.7. The topological polar surface area (TPSA) is 55.6 Å². The molecule has 0 saturated carbocycles. The minimum atomic E-state index is 0.755. The molecule has 2 aromatic rings. The zero-order chi connectivity index (χ0) is 13.3. The van der Waals surface area contributed by atoms with E-state index in [-0.39, 0.29) is 0 Å². The van der Waals surface area contributed by atoms with Gasteiger partial charge in [-0.1, -0.05) is 6.92 Å².